The molecule has 0 spiro atoms. The molecule has 2 unspecified atom stereocenters. The van der Waals surface area contributed by atoms with Gasteiger partial charge in [-0.3, -0.25) is 9.59 Å². The first-order valence-electron chi connectivity index (χ1n) is 14.0. The number of amides is 4. The highest BCUT2D eigenvalue weighted by molar-refractivity contribution is 6.65. The van der Waals surface area contributed by atoms with Gasteiger partial charge in [0.1, 0.15) is 12.1 Å². The van der Waals surface area contributed by atoms with Crippen molar-refractivity contribution in [3.8, 4) is 0 Å². The van der Waals surface area contributed by atoms with Crippen LogP contribution in [0.4, 0.5) is 23.7 Å². The van der Waals surface area contributed by atoms with Crippen LogP contribution < -0.4 is 16.0 Å². The number of oxime groups is 1. The molecule has 4 aliphatic rings. The standard InChI is InChI=1S/C28H35F3N6O5/c1-14(32)22(36-41)24(38)35-23(21(15-3-4-15)16-5-6-16)25(39)33-19-8-7-17-10-27(13-42-2,11-18(17)9-19)37-12-20(28(29,30)31)34-26(37)40/h7-9,15-16,20-21,23,32,41H,3-6,10-13H2,1-2H3,(H,33,39)(H,34,40)(H,35,38)/b32-14?,36-22+/t20?,23-,27?/m0/s1. The molecule has 0 bridgehead atoms. The molecule has 3 fully saturated rings. The number of fused-ring (bicyclic) bond motifs is 1. The number of methoxy groups -OCH3 is 1. The van der Waals surface area contributed by atoms with Gasteiger partial charge in [-0.05, 0) is 86.5 Å². The van der Waals surface area contributed by atoms with Gasteiger partial charge < -0.3 is 36.2 Å². The predicted molar refractivity (Wildman–Crippen MR) is 146 cm³/mol. The summed E-state index contributed by atoms with van der Waals surface area (Å²) in [5.41, 5.74) is 0.309. The van der Waals surface area contributed by atoms with E-state index < -0.39 is 53.9 Å². The third-order valence-corrected chi connectivity index (χ3v) is 8.76. The molecule has 11 nitrogen and oxygen atoms in total. The number of halogens is 3. The highest BCUT2D eigenvalue weighted by Gasteiger charge is 2.54. The Morgan fingerprint density at radius 3 is 2.38 bits per heavy atom. The van der Waals surface area contributed by atoms with Crippen molar-refractivity contribution >= 4 is 35.0 Å². The molecule has 1 aliphatic heterocycles. The van der Waals surface area contributed by atoms with Gasteiger partial charge in [0.2, 0.25) is 5.91 Å². The third kappa shape index (κ3) is 5.94. The van der Waals surface area contributed by atoms with Gasteiger partial charge in [0.25, 0.3) is 5.91 Å². The van der Waals surface area contributed by atoms with Gasteiger partial charge in [-0.25, -0.2) is 4.79 Å². The van der Waals surface area contributed by atoms with Crippen LogP contribution in [0.15, 0.2) is 23.4 Å². The quantitative estimate of drug-likeness (QED) is 0.152. The van der Waals surface area contributed by atoms with E-state index in [1.165, 1.54) is 18.9 Å². The zero-order valence-corrected chi connectivity index (χ0v) is 23.4. The highest BCUT2D eigenvalue weighted by Crippen LogP contribution is 2.51. The molecule has 4 amide bonds. The number of benzene rings is 1. The summed E-state index contributed by atoms with van der Waals surface area (Å²) in [5.74, 6) is -0.785. The Morgan fingerprint density at radius 1 is 1.21 bits per heavy atom. The minimum absolute atomic E-state index is 0.0289. The van der Waals surface area contributed by atoms with E-state index in [0.717, 1.165) is 36.8 Å². The Bertz CT molecular complexity index is 1300. The van der Waals surface area contributed by atoms with E-state index in [4.69, 9.17) is 10.1 Å². The fraction of sp³-hybridized carbons (Fsp3) is 0.607. The minimum Gasteiger partial charge on any atom is -0.410 e. The van der Waals surface area contributed by atoms with Crippen LogP contribution in [0.1, 0.15) is 43.7 Å². The van der Waals surface area contributed by atoms with Crippen LogP contribution in [0, 0.1) is 23.2 Å². The Labute approximate surface area is 240 Å². The fourth-order valence-electron chi connectivity index (χ4n) is 6.53. The van der Waals surface area contributed by atoms with E-state index >= 15 is 0 Å². The maximum atomic E-state index is 13.7. The molecule has 1 heterocycles. The molecule has 14 heteroatoms. The summed E-state index contributed by atoms with van der Waals surface area (Å²) in [6.45, 7) is 0.815. The van der Waals surface area contributed by atoms with Gasteiger partial charge in [0.15, 0.2) is 5.71 Å². The van der Waals surface area contributed by atoms with Crippen LogP contribution in [-0.2, 0) is 27.2 Å². The lowest BCUT2D eigenvalue weighted by Crippen LogP contribution is -2.54. The first kappa shape index (κ1) is 29.8. The monoisotopic (exact) mass is 592 g/mol. The number of anilines is 1. The van der Waals surface area contributed by atoms with Gasteiger partial charge in [0.05, 0.1) is 24.4 Å². The summed E-state index contributed by atoms with van der Waals surface area (Å²) < 4.78 is 45.5. The summed E-state index contributed by atoms with van der Waals surface area (Å²) in [7, 11) is 1.43. The summed E-state index contributed by atoms with van der Waals surface area (Å²) >= 11 is 0. The van der Waals surface area contributed by atoms with Crippen molar-refractivity contribution in [2.45, 2.75) is 69.2 Å². The Balaban J connectivity index is 1.35. The number of nitrogens with zero attached hydrogens (tertiary/aromatic N) is 2. The van der Waals surface area contributed by atoms with Gasteiger partial charge in [-0.1, -0.05) is 11.2 Å². The number of urea groups is 1. The lowest BCUT2D eigenvalue weighted by molar-refractivity contribution is -0.151. The summed E-state index contributed by atoms with van der Waals surface area (Å²) in [6, 6.07) is 1.52. The number of carbonyl (C=O) groups is 3. The number of hydrogen-bond donors (Lipinski definition) is 5. The Morgan fingerprint density at radius 2 is 1.86 bits per heavy atom. The molecule has 0 aromatic heterocycles. The molecule has 1 aromatic carbocycles. The van der Waals surface area contributed by atoms with Crippen molar-refractivity contribution in [1.29, 1.82) is 5.41 Å². The molecule has 228 valence electrons. The number of alkyl halides is 3. The molecule has 3 atom stereocenters. The van der Waals surface area contributed by atoms with Crippen molar-refractivity contribution in [2.75, 3.05) is 25.6 Å². The van der Waals surface area contributed by atoms with E-state index in [0.29, 0.717) is 12.1 Å². The smallest absolute Gasteiger partial charge is 0.410 e. The summed E-state index contributed by atoms with van der Waals surface area (Å²) in [6.07, 6.45) is -0.252. The van der Waals surface area contributed by atoms with Crippen LogP contribution in [-0.4, -0.2) is 83.4 Å². The molecule has 1 aromatic rings. The van der Waals surface area contributed by atoms with Crippen LogP contribution in [0.5, 0.6) is 0 Å². The molecule has 42 heavy (non-hydrogen) atoms. The fourth-order valence-corrected chi connectivity index (χ4v) is 6.53. The first-order chi connectivity index (χ1) is 19.9. The first-order valence-corrected chi connectivity index (χ1v) is 14.0. The van der Waals surface area contributed by atoms with Gasteiger partial charge >= 0.3 is 12.2 Å². The van der Waals surface area contributed by atoms with E-state index in [2.05, 4.69) is 15.8 Å². The van der Waals surface area contributed by atoms with Crippen molar-refractivity contribution in [3.63, 3.8) is 0 Å². The second-order valence-corrected chi connectivity index (χ2v) is 11.9. The minimum atomic E-state index is -4.58. The average Bonchev–Trinajstić information content (AvgIpc) is 3.84. The van der Waals surface area contributed by atoms with Gasteiger partial charge in [-0.15, -0.1) is 0 Å². The second kappa shape index (κ2) is 11.2. The molecule has 1 saturated heterocycles. The SMILES string of the molecule is COCC1(N2CC(C(F)(F)F)NC2=O)Cc2ccc(NC(=O)[C@@H](NC(=O)/C(=N/O)C(C)=N)C(C3CC3)C3CC3)cc2C1. The molecule has 5 N–H and O–H groups in total. The van der Waals surface area contributed by atoms with Crippen molar-refractivity contribution in [3.05, 3.63) is 29.3 Å². The van der Waals surface area contributed by atoms with E-state index in [9.17, 15) is 32.8 Å². The van der Waals surface area contributed by atoms with E-state index in [1.54, 1.807) is 18.2 Å². The third-order valence-electron chi connectivity index (χ3n) is 8.76. The van der Waals surface area contributed by atoms with E-state index in [-0.39, 0.29) is 36.5 Å². The van der Waals surface area contributed by atoms with Crippen LogP contribution in [0.25, 0.3) is 0 Å². The second-order valence-electron chi connectivity index (χ2n) is 11.9. The molecule has 3 aliphatic carbocycles. The summed E-state index contributed by atoms with van der Waals surface area (Å²) in [4.78, 5) is 40.4. The average molecular weight is 593 g/mol. The molecule has 0 radical (unpaired) electrons. The maximum Gasteiger partial charge on any atom is 0.410 e. The van der Waals surface area contributed by atoms with Crippen molar-refractivity contribution in [2.24, 2.45) is 22.9 Å². The van der Waals surface area contributed by atoms with Crippen molar-refractivity contribution < 1.29 is 37.5 Å². The normalized spacial score (nSPS) is 24.8. The van der Waals surface area contributed by atoms with Crippen LogP contribution >= 0.6 is 0 Å². The number of ether oxygens (including phenoxy) is 1. The molecule has 5 rings (SSSR count). The zero-order valence-electron chi connectivity index (χ0n) is 23.4. The largest absolute Gasteiger partial charge is 0.410 e. The number of carbonyl (C=O) groups excluding carboxylic acids is 3. The number of rotatable bonds is 11. The molecular formula is C28H35F3N6O5. The van der Waals surface area contributed by atoms with E-state index in [1.807, 2.05) is 5.32 Å². The number of hydrogen-bond acceptors (Lipinski definition) is 7. The van der Waals surface area contributed by atoms with Crippen LogP contribution in [0.2, 0.25) is 0 Å². The Hall–Kier alpha value is -3.68. The lowest BCUT2D eigenvalue weighted by atomic mass is 9.88. The van der Waals surface area contributed by atoms with Crippen molar-refractivity contribution in [1.82, 2.24) is 15.5 Å². The van der Waals surface area contributed by atoms with Gasteiger partial charge in [-0.2, -0.15) is 13.2 Å². The predicted octanol–water partition coefficient (Wildman–Crippen LogP) is 2.86. The topological polar surface area (TPSA) is 156 Å². The zero-order chi connectivity index (χ0) is 30.4. The summed E-state index contributed by atoms with van der Waals surface area (Å²) in [5, 5.41) is 27.5. The maximum absolute atomic E-state index is 13.7. The number of nitrogens with one attached hydrogen (secondary N) is 4. The van der Waals surface area contributed by atoms with Gasteiger partial charge in [0, 0.05) is 12.8 Å². The molecule has 2 saturated carbocycles. The molecular weight excluding hydrogens is 557 g/mol. The highest BCUT2D eigenvalue weighted by atomic mass is 19.4. The van der Waals surface area contributed by atoms with Crippen LogP contribution in [0.3, 0.4) is 0 Å². The Kier molecular flexibility index (Phi) is 7.94. The lowest BCUT2D eigenvalue weighted by Gasteiger charge is -2.37.